The molecule has 2 aromatic rings. The molecule has 0 radical (unpaired) electrons. The van der Waals surface area contributed by atoms with Crippen LogP contribution in [-0.4, -0.2) is 44.7 Å². The lowest BCUT2D eigenvalue weighted by Gasteiger charge is -2.17. The zero-order valence-corrected chi connectivity index (χ0v) is 17.2. The van der Waals surface area contributed by atoms with Gasteiger partial charge in [-0.15, -0.1) is 0 Å². The van der Waals surface area contributed by atoms with E-state index in [2.05, 4.69) is 5.32 Å². The molecule has 0 aliphatic rings. The van der Waals surface area contributed by atoms with E-state index in [4.69, 9.17) is 9.47 Å². The summed E-state index contributed by atoms with van der Waals surface area (Å²) >= 11 is 0. The van der Waals surface area contributed by atoms with Crippen LogP contribution >= 0.6 is 0 Å². The minimum absolute atomic E-state index is 0.117. The van der Waals surface area contributed by atoms with Crippen molar-refractivity contribution >= 4 is 17.3 Å². The normalized spacial score (nSPS) is 10.3. The van der Waals surface area contributed by atoms with Crippen molar-refractivity contribution in [1.29, 1.82) is 0 Å². The minimum atomic E-state index is -0.509. The molecule has 0 unspecified atom stereocenters. The molecule has 1 amide bonds. The average Bonchev–Trinajstić information content (AvgIpc) is 2.69. The van der Waals surface area contributed by atoms with Gasteiger partial charge in [-0.1, -0.05) is 6.07 Å². The number of nitro benzene ring substituents is 1. The quantitative estimate of drug-likeness (QED) is 0.484. The van der Waals surface area contributed by atoms with Crippen LogP contribution in [0.5, 0.6) is 11.5 Å². The van der Waals surface area contributed by atoms with E-state index < -0.39 is 4.92 Å². The number of hydrogen-bond donors (Lipinski definition) is 1. The summed E-state index contributed by atoms with van der Waals surface area (Å²) in [6, 6.07) is 9.96. The van der Waals surface area contributed by atoms with Crippen molar-refractivity contribution in [3.05, 3.63) is 57.6 Å². The third-order valence-corrected chi connectivity index (χ3v) is 4.22. The molecular formula is C21H27N3O5. The van der Waals surface area contributed by atoms with E-state index in [1.807, 2.05) is 32.0 Å². The van der Waals surface area contributed by atoms with E-state index >= 15 is 0 Å². The number of hydrogen-bond acceptors (Lipinski definition) is 6. The Bertz CT molecular complexity index is 867. The van der Waals surface area contributed by atoms with Crippen molar-refractivity contribution in [2.45, 2.75) is 20.3 Å². The number of non-ortho nitro benzene ring substituents is 1. The van der Waals surface area contributed by atoms with Crippen molar-refractivity contribution in [2.24, 2.45) is 0 Å². The number of nitrogens with one attached hydrogen (secondary N) is 1. The second-order valence-corrected chi connectivity index (χ2v) is 6.51. The number of nitro groups is 1. The van der Waals surface area contributed by atoms with Crippen LogP contribution in [0.4, 0.5) is 11.4 Å². The molecule has 0 aromatic heterocycles. The third-order valence-electron chi connectivity index (χ3n) is 4.22. The first-order valence-corrected chi connectivity index (χ1v) is 9.49. The number of benzene rings is 2. The number of rotatable bonds is 10. The van der Waals surface area contributed by atoms with Gasteiger partial charge in [0, 0.05) is 38.5 Å². The van der Waals surface area contributed by atoms with Crippen LogP contribution in [-0.2, 0) is 6.42 Å². The van der Waals surface area contributed by atoms with Gasteiger partial charge < -0.3 is 19.7 Å². The predicted molar refractivity (Wildman–Crippen MR) is 112 cm³/mol. The number of ether oxygens (including phenoxy) is 2. The van der Waals surface area contributed by atoms with Gasteiger partial charge in [-0.2, -0.15) is 0 Å². The molecule has 0 saturated heterocycles. The molecule has 0 aliphatic heterocycles. The van der Waals surface area contributed by atoms with Crippen molar-refractivity contribution in [1.82, 2.24) is 5.32 Å². The van der Waals surface area contributed by atoms with E-state index in [0.717, 1.165) is 5.56 Å². The molecule has 0 atom stereocenters. The van der Waals surface area contributed by atoms with Crippen LogP contribution in [0.1, 0.15) is 29.8 Å². The Balaban J connectivity index is 2.09. The average molecular weight is 401 g/mol. The van der Waals surface area contributed by atoms with Crippen LogP contribution in [0.2, 0.25) is 0 Å². The Morgan fingerprint density at radius 3 is 2.38 bits per heavy atom. The zero-order valence-electron chi connectivity index (χ0n) is 17.2. The molecule has 0 saturated carbocycles. The molecule has 29 heavy (non-hydrogen) atoms. The van der Waals surface area contributed by atoms with Gasteiger partial charge in [0.25, 0.3) is 11.6 Å². The Kier molecular flexibility index (Phi) is 7.82. The SMILES string of the molecule is CCOc1ccc(CCNC(=O)c2cc([N+](=O)[O-])ccc2N(C)C)cc1OCC. The fraction of sp³-hybridized carbons (Fsp3) is 0.381. The maximum atomic E-state index is 12.6. The van der Waals surface area contributed by atoms with E-state index in [1.165, 1.54) is 12.1 Å². The second-order valence-electron chi connectivity index (χ2n) is 6.51. The standard InChI is InChI=1S/C21H27N3O5/c1-5-28-19-10-7-15(13-20(19)29-6-2)11-12-22-21(25)17-14-16(24(26)27)8-9-18(17)23(3)4/h7-10,13-14H,5-6,11-12H2,1-4H3,(H,22,25). The van der Waals surface area contributed by atoms with E-state index in [0.29, 0.717) is 43.4 Å². The zero-order chi connectivity index (χ0) is 21.4. The van der Waals surface area contributed by atoms with E-state index in [1.54, 1.807) is 25.1 Å². The van der Waals surface area contributed by atoms with Crippen molar-refractivity contribution in [3.8, 4) is 11.5 Å². The second kappa shape index (κ2) is 10.3. The van der Waals surface area contributed by atoms with Crippen molar-refractivity contribution < 1.29 is 19.2 Å². The molecule has 0 spiro atoms. The van der Waals surface area contributed by atoms with Crippen LogP contribution < -0.4 is 19.7 Å². The van der Waals surface area contributed by atoms with Gasteiger partial charge in [0.15, 0.2) is 11.5 Å². The van der Waals surface area contributed by atoms with Crippen LogP contribution in [0.15, 0.2) is 36.4 Å². The van der Waals surface area contributed by atoms with Gasteiger partial charge in [-0.05, 0) is 44.0 Å². The number of carbonyl (C=O) groups excluding carboxylic acids is 1. The summed E-state index contributed by atoms with van der Waals surface area (Å²) in [6.45, 7) is 5.28. The van der Waals surface area contributed by atoms with Crippen LogP contribution in [0, 0.1) is 10.1 Å². The van der Waals surface area contributed by atoms with Gasteiger partial charge in [-0.3, -0.25) is 14.9 Å². The third kappa shape index (κ3) is 5.84. The lowest BCUT2D eigenvalue weighted by atomic mass is 10.1. The molecule has 0 bridgehead atoms. The molecular weight excluding hydrogens is 374 g/mol. The van der Waals surface area contributed by atoms with Gasteiger partial charge in [0.05, 0.1) is 23.7 Å². The molecule has 2 rings (SSSR count). The summed E-state index contributed by atoms with van der Waals surface area (Å²) < 4.78 is 11.2. The Morgan fingerprint density at radius 2 is 1.76 bits per heavy atom. The topological polar surface area (TPSA) is 93.9 Å². The summed E-state index contributed by atoms with van der Waals surface area (Å²) in [7, 11) is 3.57. The smallest absolute Gasteiger partial charge is 0.270 e. The monoisotopic (exact) mass is 401 g/mol. The van der Waals surface area contributed by atoms with Crippen LogP contribution in [0.25, 0.3) is 0 Å². The van der Waals surface area contributed by atoms with E-state index in [9.17, 15) is 14.9 Å². The van der Waals surface area contributed by atoms with Gasteiger partial charge in [0.2, 0.25) is 0 Å². The largest absolute Gasteiger partial charge is 0.490 e. The first-order valence-electron chi connectivity index (χ1n) is 9.49. The molecule has 2 aromatic carbocycles. The lowest BCUT2D eigenvalue weighted by molar-refractivity contribution is -0.384. The highest BCUT2D eigenvalue weighted by molar-refractivity contribution is 6.00. The molecule has 156 valence electrons. The molecule has 8 heteroatoms. The number of nitrogens with zero attached hydrogens (tertiary/aromatic N) is 2. The first kappa shape index (κ1) is 22.0. The summed E-state index contributed by atoms with van der Waals surface area (Å²) in [6.07, 6.45) is 0.588. The van der Waals surface area contributed by atoms with Crippen molar-refractivity contribution in [3.63, 3.8) is 0 Å². The summed E-state index contributed by atoms with van der Waals surface area (Å²) in [5.74, 6) is 1.01. The minimum Gasteiger partial charge on any atom is -0.490 e. The summed E-state index contributed by atoms with van der Waals surface area (Å²) in [5, 5.41) is 13.9. The fourth-order valence-corrected chi connectivity index (χ4v) is 2.88. The highest BCUT2D eigenvalue weighted by Crippen LogP contribution is 2.29. The van der Waals surface area contributed by atoms with Gasteiger partial charge >= 0.3 is 0 Å². The molecule has 0 aliphatic carbocycles. The van der Waals surface area contributed by atoms with Gasteiger partial charge in [0.1, 0.15) is 0 Å². The Morgan fingerprint density at radius 1 is 1.07 bits per heavy atom. The summed E-state index contributed by atoms with van der Waals surface area (Å²) in [5.41, 5.74) is 1.76. The summed E-state index contributed by atoms with van der Waals surface area (Å²) in [4.78, 5) is 24.9. The van der Waals surface area contributed by atoms with Gasteiger partial charge in [-0.25, -0.2) is 0 Å². The molecule has 8 nitrogen and oxygen atoms in total. The lowest BCUT2D eigenvalue weighted by Crippen LogP contribution is -2.27. The molecule has 0 fully saturated rings. The maximum Gasteiger partial charge on any atom is 0.270 e. The molecule has 0 heterocycles. The van der Waals surface area contributed by atoms with Crippen LogP contribution in [0.3, 0.4) is 0 Å². The molecule has 1 N–H and O–H groups in total. The Hall–Kier alpha value is -3.29. The highest BCUT2D eigenvalue weighted by atomic mass is 16.6. The Labute approximate surface area is 170 Å². The maximum absolute atomic E-state index is 12.6. The fourth-order valence-electron chi connectivity index (χ4n) is 2.88. The first-order chi connectivity index (χ1) is 13.9. The van der Waals surface area contributed by atoms with E-state index in [-0.39, 0.29) is 17.2 Å². The number of anilines is 1. The van der Waals surface area contributed by atoms with Crippen molar-refractivity contribution in [2.75, 3.05) is 38.8 Å². The number of amides is 1. The predicted octanol–water partition coefficient (Wildman–Crippen LogP) is 3.43. The number of carbonyl (C=O) groups is 1. The highest BCUT2D eigenvalue weighted by Gasteiger charge is 2.17.